The molecule has 31 heavy (non-hydrogen) atoms. The van der Waals surface area contributed by atoms with Gasteiger partial charge in [0.25, 0.3) is 5.91 Å². The lowest BCUT2D eigenvalue weighted by atomic mass is 10.1. The standard InChI is InChI=1S/C23H14Br2Cl2N2O2/c24-19-9-14(8-16(12-28)23(30)29-18-4-2-1-3-5-18)10-20(25)22(19)31-13-15-6-7-17(26)11-21(15)27/h1-11H,13H2,(H,29,30)/b16-8-. The van der Waals surface area contributed by atoms with E-state index in [1.54, 1.807) is 54.6 Å². The minimum atomic E-state index is -0.487. The van der Waals surface area contributed by atoms with Crippen molar-refractivity contribution in [1.82, 2.24) is 0 Å². The second-order valence-electron chi connectivity index (χ2n) is 6.33. The highest BCUT2D eigenvalue weighted by Gasteiger charge is 2.13. The first-order valence-electron chi connectivity index (χ1n) is 8.91. The third-order valence-electron chi connectivity index (χ3n) is 4.12. The summed E-state index contributed by atoms with van der Waals surface area (Å²) in [6.07, 6.45) is 1.51. The number of nitrogens with zero attached hydrogens (tertiary/aromatic N) is 1. The molecule has 4 nitrogen and oxygen atoms in total. The van der Waals surface area contributed by atoms with Gasteiger partial charge in [0.2, 0.25) is 0 Å². The predicted octanol–water partition coefficient (Wildman–Crippen LogP) is 7.64. The second kappa shape index (κ2) is 10.8. The summed E-state index contributed by atoms with van der Waals surface area (Å²) in [4.78, 5) is 12.4. The molecule has 0 unspecified atom stereocenters. The molecule has 0 aliphatic rings. The SMILES string of the molecule is N#C/C(=C/c1cc(Br)c(OCc2ccc(Cl)cc2Cl)c(Br)c1)C(=O)Nc1ccccc1. The van der Waals surface area contributed by atoms with Crippen molar-refractivity contribution in [2.45, 2.75) is 6.61 Å². The third kappa shape index (κ3) is 6.34. The monoisotopic (exact) mass is 578 g/mol. The number of amides is 1. The van der Waals surface area contributed by atoms with Gasteiger partial charge < -0.3 is 10.1 Å². The lowest BCUT2D eigenvalue weighted by Crippen LogP contribution is -2.13. The lowest BCUT2D eigenvalue weighted by molar-refractivity contribution is -0.112. The molecule has 0 saturated carbocycles. The van der Waals surface area contributed by atoms with Crippen LogP contribution in [0, 0.1) is 11.3 Å². The Labute approximate surface area is 206 Å². The number of halogens is 4. The number of benzene rings is 3. The fourth-order valence-electron chi connectivity index (χ4n) is 2.62. The number of para-hydroxylation sites is 1. The maximum Gasteiger partial charge on any atom is 0.266 e. The molecule has 3 aromatic rings. The van der Waals surface area contributed by atoms with E-state index in [-0.39, 0.29) is 12.2 Å². The van der Waals surface area contributed by atoms with Crippen molar-refractivity contribution in [3.05, 3.63) is 96.4 Å². The van der Waals surface area contributed by atoms with Crippen LogP contribution < -0.4 is 10.1 Å². The van der Waals surface area contributed by atoms with Gasteiger partial charge in [-0.25, -0.2) is 0 Å². The van der Waals surface area contributed by atoms with Crippen molar-refractivity contribution in [2.24, 2.45) is 0 Å². The predicted molar refractivity (Wildman–Crippen MR) is 131 cm³/mol. The number of nitriles is 1. The molecular weight excluding hydrogens is 567 g/mol. The molecule has 0 aliphatic carbocycles. The molecule has 156 valence electrons. The van der Waals surface area contributed by atoms with Crippen LogP contribution in [0.5, 0.6) is 5.75 Å². The third-order valence-corrected chi connectivity index (χ3v) is 5.88. The Balaban J connectivity index is 1.78. The summed E-state index contributed by atoms with van der Waals surface area (Å²) in [5.41, 5.74) is 2.03. The molecule has 0 aliphatic heterocycles. The number of anilines is 1. The first-order valence-corrected chi connectivity index (χ1v) is 11.3. The highest BCUT2D eigenvalue weighted by atomic mass is 79.9. The van der Waals surface area contributed by atoms with Crippen molar-refractivity contribution >= 4 is 72.7 Å². The van der Waals surface area contributed by atoms with Crippen molar-refractivity contribution < 1.29 is 9.53 Å². The number of nitrogens with one attached hydrogen (secondary N) is 1. The van der Waals surface area contributed by atoms with Crippen molar-refractivity contribution in [2.75, 3.05) is 5.32 Å². The largest absolute Gasteiger partial charge is 0.486 e. The maximum atomic E-state index is 12.4. The van der Waals surface area contributed by atoms with Crippen LogP contribution in [0.4, 0.5) is 5.69 Å². The van der Waals surface area contributed by atoms with Gasteiger partial charge in [-0.1, -0.05) is 47.5 Å². The van der Waals surface area contributed by atoms with E-state index in [0.717, 1.165) is 5.56 Å². The van der Waals surface area contributed by atoms with E-state index in [1.807, 2.05) is 12.1 Å². The summed E-state index contributed by atoms with van der Waals surface area (Å²) < 4.78 is 7.20. The average Bonchev–Trinajstić information content (AvgIpc) is 2.73. The summed E-state index contributed by atoms with van der Waals surface area (Å²) >= 11 is 19.1. The van der Waals surface area contributed by atoms with E-state index in [4.69, 9.17) is 27.9 Å². The van der Waals surface area contributed by atoms with Gasteiger partial charge in [-0.3, -0.25) is 4.79 Å². The number of ether oxygens (including phenoxy) is 1. The molecule has 0 atom stereocenters. The molecule has 1 amide bonds. The van der Waals surface area contributed by atoms with E-state index < -0.39 is 5.91 Å². The fourth-order valence-corrected chi connectivity index (χ4v) is 4.54. The van der Waals surface area contributed by atoms with Gasteiger partial charge in [0, 0.05) is 21.3 Å². The van der Waals surface area contributed by atoms with Crippen LogP contribution >= 0.6 is 55.1 Å². The van der Waals surface area contributed by atoms with Gasteiger partial charge in [0.1, 0.15) is 24.0 Å². The van der Waals surface area contributed by atoms with Crippen molar-refractivity contribution in [3.63, 3.8) is 0 Å². The molecule has 0 fully saturated rings. The highest BCUT2D eigenvalue weighted by molar-refractivity contribution is 9.11. The number of carbonyl (C=O) groups is 1. The molecule has 0 bridgehead atoms. The maximum absolute atomic E-state index is 12.4. The lowest BCUT2D eigenvalue weighted by Gasteiger charge is -2.12. The Hall–Kier alpha value is -2.30. The van der Waals surface area contributed by atoms with E-state index in [1.165, 1.54) is 6.08 Å². The van der Waals surface area contributed by atoms with Crippen LogP contribution in [-0.2, 0) is 11.4 Å². The normalized spacial score (nSPS) is 11.0. The van der Waals surface area contributed by atoms with Crippen LogP contribution in [0.2, 0.25) is 10.0 Å². The Kier molecular flexibility index (Phi) is 8.16. The minimum absolute atomic E-state index is 0.0238. The summed E-state index contributed by atoms with van der Waals surface area (Å²) in [6, 6.07) is 19.6. The molecular formula is C23H14Br2Cl2N2O2. The summed E-state index contributed by atoms with van der Waals surface area (Å²) in [6.45, 7) is 0.241. The highest BCUT2D eigenvalue weighted by Crippen LogP contribution is 2.36. The first-order chi connectivity index (χ1) is 14.9. The zero-order valence-corrected chi connectivity index (χ0v) is 20.5. The van der Waals surface area contributed by atoms with Gasteiger partial charge in [-0.15, -0.1) is 0 Å². The van der Waals surface area contributed by atoms with E-state index in [2.05, 4.69) is 37.2 Å². The fraction of sp³-hybridized carbons (Fsp3) is 0.0435. The van der Waals surface area contributed by atoms with Gasteiger partial charge in [-0.05, 0) is 79.9 Å². The average molecular weight is 581 g/mol. The quantitative estimate of drug-likeness (QED) is 0.241. The van der Waals surface area contributed by atoms with Crippen LogP contribution in [0.3, 0.4) is 0 Å². The summed E-state index contributed by atoms with van der Waals surface area (Å²) in [7, 11) is 0. The number of hydrogen-bond acceptors (Lipinski definition) is 3. The molecule has 3 aromatic carbocycles. The Morgan fingerprint density at radius 3 is 2.35 bits per heavy atom. The number of hydrogen-bond donors (Lipinski definition) is 1. The van der Waals surface area contributed by atoms with Crippen LogP contribution in [-0.4, -0.2) is 5.91 Å². The molecule has 0 aromatic heterocycles. The van der Waals surface area contributed by atoms with E-state index in [9.17, 15) is 10.1 Å². The molecule has 0 saturated heterocycles. The smallest absolute Gasteiger partial charge is 0.266 e. The first kappa shape index (κ1) is 23.4. The zero-order chi connectivity index (χ0) is 22.4. The molecule has 0 heterocycles. The van der Waals surface area contributed by atoms with Crippen LogP contribution in [0.15, 0.2) is 75.2 Å². The topological polar surface area (TPSA) is 62.1 Å². The Bertz CT molecular complexity index is 1170. The van der Waals surface area contributed by atoms with E-state index >= 15 is 0 Å². The van der Waals surface area contributed by atoms with Crippen LogP contribution in [0.1, 0.15) is 11.1 Å². The van der Waals surface area contributed by atoms with Gasteiger partial charge >= 0.3 is 0 Å². The molecule has 0 radical (unpaired) electrons. The minimum Gasteiger partial charge on any atom is -0.486 e. The number of rotatable bonds is 6. The Morgan fingerprint density at radius 2 is 1.74 bits per heavy atom. The van der Waals surface area contributed by atoms with Gasteiger partial charge in [0.15, 0.2) is 0 Å². The summed E-state index contributed by atoms with van der Waals surface area (Å²) in [5.74, 6) is 0.0778. The van der Waals surface area contributed by atoms with Crippen LogP contribution in [0.25, 0.3) is 6.08 Å². The molecule has 3 rings (SSSR count). The number of carbonyl (C=O) groups excluding carboxylic acids is 1. The molecule has 1 N–H and O–H groups in total. The Morgan fingerprint density at radius 1 is 1.06 bits per heavy atom. The van der Waals surface area contributed by atoms with Crippen molar-refractivity contribution in [3.8, 4) is 11.8 Å². The zero-order valence-electron chi connectivity index (χ0n) is 15.8. The second-order valence-corrected chi connectivity index (χ2v) is 8.88. The summed E-state index contributed by atoms with van der Waals surface area (Å²) in [5, 5.41) is 13.2. The molecule has 0 spiro atoms. The van der Waals surface area contributed by atoms with Gasteiger partial charge in [0.05, 0.1) is 8.95 Å². The van der Waals surface area contributed by atoms with Gasteiger partial charge in [-0.2, -0.15) is 5.26 Å². The molecule has 8 heteroatoms. The van der Waals surface area contributed by atoms with E-state index in [0.29, 0.717) is 36.0 Å². The van der Waals surface area contributed by atoms with Crippen molar-refractivity contribution in [1.29, 1.82) is 5.26 Å².